The van der Waals surface area contributed by atoms with Crippen molar-refractivity contribution < 1.29 is 0 Å². The van der Waals surface area contributed by atoms with Crippen LogP contribution in [0.4, 0.5) is 5.13 Å². The number of aliphatic imine (C=N–C) groups is 1. The Morgan fingerprint density at radius 3 is 2.67 bits per heavy atom. The summed E-state index contributed by atoms with van der Waals surface area (Å²) in [6.07, 6.45) is 4.90. The third-order valence-electron chi connectivity index (χ3n) is 4.96. The summed E-state index contributed by atoms with van der Waals surface area (Å²) < 4.78 is 0. The van der Waals surface area contributed by atoms with E-state index in [0.29, 0.717) is 0 Å². The topological polar surface area (TPSA) is 43.8 Å². The highest BCUT2D eigenvalue weighted by Gasteiger charge is 2.24. The zero-order chi connectivity index (χ0) is 16.9. The SMILES string of the molecule is CN=C(NCCc1csc(N2CCCC2)n1)N1CC(C)CC(C)C1. The Balaban J connectivity index is 1.48. The van der Waals surface area contributed by atoms with Gasteiger partial charge >= 0.3 is 0 Å². The maximum Gasteiger partial charge on any atom is 0.193 e. The highest BCUT2D eigenvalue weighted by Crippen LogP contribution is 2.24. The molecule has 0 saturated carbocycles. The number of likely N-dealkylation sites (tertiary alicyclic amines) is 1. The molecule has 0 amide bonds. The molecule has 2 fully saturated rings. The molecule has 24 heavy (non-hydrogen) atoms. The van der Waals surface area contributed by atoms with Gasteiger partial charge in [-0.3, -0.25) is 4.99 Å². The van der Waals surface area contributed by atoms with Crippen molar-refractivity contribution in [2.75, 3.05) is 44.7 Å². The number of thiazole rings is 1. The lowest BCUT2D eigenvalue weighted by Crippen LogP contribution is -2.48. The molecule has 0 bridgehead atoms. The monoisotopic (exact) mass is 349 g/mol. The summed E-state index contributed by atoms with van der Waals surface area (Å²) in [5, 5.41) is 6.95. The maximum absolute atomic E-state index is 4.80. The molecule has 0 aliphatic carbocycles. The van der Waals surface area contributed by atoms with Crippen LogP contribution in [0, 0.1) is 11.8 Å². The van der Waals surface area contributed by atoms with Crippen LogP contribution >= 0.6 is 11.3 Å². The van der Waals surface area contributed by atoms with Gasteiger partial charge in [0.15, 0.2) is 11.1 Å². The molecule has 2 atom stereocenters. The summed E-state index contributed by atoms with van der Waals surface area (Å²) in [5.74, 6) is 2.53. The Labute approximate surface area is 150 Å². The van der Waals surface area contributed by atoms with E-state index in [-0.39, 0.29) is 0 Å². The predicted molar refractivity (Wildman–Crippen MR) is 103 cm³/mol. The summed E-state index contributed by atoms with van der Waals surface area (Å²) >= 11 is 1.79. The first-order valence-corrected chi connectivity index (χ1v) is 10.2. The van der Waals surface area contributed by atoms with Gasteiger partial charge in [-0.1, -0.05) is 13.8 Å². The van der Waals surface area contributed by atoms with Crippen LogP contribution in [0.15, 0.2) is 10.4 Å². The van der Waals surface area contributed by atoms with Crippen LogP contribution in [-0.4, -0.2) is 55.6 Å². The number of aromatic nitrogens is 1. The van der Waals surface area contributed by atoms with Crippen molar-refractivity contribution in [3.8, 4) is 0 Å². The van der Waals surface area contributed by atoms with Crippen LogP contribution < -0.4 is 10.2 Å². The van der Waals surface area contributed by atoms with Crippen molar-refractivity contribution in [2.45, 2.75) is 39.5 Å². The number of nitrogens with one attached hydrogen (secondary N) is 1. The van der Waals surface area contributed by atoms with Gasteiger partial charge < -0.3 is 15.1 Å². The highest BCUT2D eigenvalue weighted by atomic mass is 32.1. The molecule has 2 unspecified atom stereocenters. The van der Waals surface area contributed by atoms with E-state index in [9.17, 15) is 0 Å². The lowest BCUT2D eigenvalue weighted by Gasteiger charge is -2.37. The average Bonchev–Trinajstić information content (AvgIpc) is 3.21. The minimum atomic E-state index is 0.744. The maximum atomic E-state index is 4.80. The van der Waals surface area contributed by atoms with Gasteiger partial charge in [0.05, 0.1) is 5.69 Å². The average molecular weight is 350 g/mol. The largest absolute Gasteiger partial charge is 0.356 e. The summed E-state index contributed by atoms with van der Waals surface area (Å²) in [6.45, 7) is 10.1. The van der Waals surface area contributed by atoms with Crippen molar-refractivity contribution in [3.05, 3.63) is 11.1 Å². The first-order chi connectivity index (χ1) is 11.7. The molecule has 5 nitrogen and oxygen atoms in total. The number of anilines is 1. The molecule has 6 heteroatoms. The Morgan fingerprint density at radius 1 is 1.29 bits per heavy atom. The first-order valence-electron chi connectivity index (χ1n) is 9.30. The van der Waals surface area contributed by atoms with Crippen LogP contribution in [0.25, 0.3) is 0 Å². The Bertz CT molecular complexity index is 539. The second-order valence-corrected chi connectivity index (χ2v) is 8.23. The zero-order valence-corrected chi connectivity index (χ0v) is 16.1. The standard InChI is InChI=1S/C18H31N5S/c1-14-10-15(2)12-23(11-14)17(19-3)20-7-6-16-13-24-18(21-16)22-8-4-5-9-22/h13-15H,4-12H2,1-3H3,(H,19,20). The Hall–Kier alpha value is -1.30. The molecule has 2 saturated heterocycles. The van der Waals surface area contributed by atoms with Gasteiger partial charge in [0.1, 0.15) is 0 Å². The number of nitrogens with zero attached hydrogens (tertiary/aromatic N) is 4. The van der Waals surface area contributed by atoms with Crippen LogP contribution in [0.1, 0.15) is 38.8 Å². The fraction of sp³-hybridized carbons (Fsp3) is 0.778. The van der Waals surface area contributed by atoms with E-state index in [1.807, 2.05) is 7.05 Å². The molecule has 1 aromatic heterocycles. The number of hydrogen-bond donors (Lipinski definition) is 1. The normalized spacial score (nSPS) is 25.4. The quantitative estimate of drug-likeness (QED) is 0.670. The summed E-state index contributed by atoms with van der Waals surface area (Å²) in [4.78, 5) is 14.1. The number of hydrogen-bond acceptors (Lipinski definition) is 4. The van der Waals surface area contributed by atoms with Crippen molar-refractivity contribution >= 4 is 22.4 Å². The minimum Gasteiger partial charge on any atom is -0.356 e. The molecular weight excluding hydrogens is 318 g/mol. The van der Waals surface area contributed by atoms with Crippen LogP contribution in [-0.2, 0) is 6.42 Å². The lowest BCUT2D eigenvalue weighted by atomic mass is 9.92. The highest BCUT2D eigenvalue weighted by molar-refractivity contribution is 7.13. The van der Waals surface area contributed by atoms with Crippen LogP contribution in [0.3, 0.4) is 0 Å². The summed E-state index contributed by atoms with van der Waals surface area (Å²) in [5.41, 5.74) is 1.20. The smallest absolute Gasteiger partial charge is 0.193 e. The third kappa shape index (κ3) is 4.41. The van der Waals surface area contributed by atoms with Gasteiger partial charge in [-0.15, -0.1) is 11.3 Å². The minimum absolute atomic E-state index is 0.744. The molecule has 0 radical (unpaired) electrons. The van der Waals surface area contributed by atoms with E-state index >= 15 is 0 Å². The second-order valence-electron chi connectivity index (χ2n) is 7.39. The van der Waals surface area contributed by atoms with Gasteiger partial charge in [-0.05, 0) is 31.1 Å². The number of rotatable bonds is 4. The van der Waals surface area contributed by atoms with Crippen molar-refractivity contribution in [3.63, 3.8) is 0 Å². The van der Waals surface area contributed by atoms with Crippen molar-refractivity contribution in [1.29, 1.82) is 0 Å². The van der Waals surface area contributed by atoms with Gasteiger partial charge in [-0.25, -0.2) is 4.98 Å². The molecular formula is C18H31N5S. The van der Waals surface area contributed by atoms with Gasteiger partial charge in [0.25, 0.3) is 0 Å². The molecule has 3 rings (SSSR count). The zero-order valence-electron chi connectivity index (χ0n) is 15.3. The predicted octanol–water partition coefficient (Wildman–Crippen LogP) is 2.84. The van der Waals surface area contributed by atoms with Crippen LogP contribution in [0.2, 0.25) is 0 Å². The van der Waals surface area contributed by atoms with E-state index in [2.05, 4.69) is 39.3 Å². The molecule has 0 spiro atoms. The molecule has 2 aliphatic heterocycles. The third-order valence-corrected chi connectivity index (χ3v) is 5.91. The molecule has 2 aliphatic rings. The van der Waals surface area contributed by atoms with E-state index in [0.717, 1.165) is 43.9 Å². The van der Waals surface area contributed by atoms with Gasteiger partial charge in [0.2, 0.25) is 0 Å². The van der Waals surface area contributed by atoms with Gasteiger partial charge in [-0.2, -0.15) is 0 Å². The molecule has 0 aromatic carbocycles. The lowest BCUT2D eigenvalue weighted by molar-refractivity contribution is 0.208. The van der Waals surface area contributed by atoms with Crippen LogP contribution in [0.5, 0.6) is 0 Å². The van der Waals surface area contributed by atoms with E-state index in [4.69, 9.17) is 4.98 Å². The van der Waals surface area contributed by atoms with E-state index in [1.54, 1.807) is 11.3 Å². The van der Waals surface area contributed by atoms with Crippen molar-refractivity contribution in [1.82, 2.24) is 15.2 Å². The summed E-state index contributed by atoms with van der Waals surface area (Å²) in [7, 11) is 1.89. The summed E-state index contributed by atoms with van der Waals surface area (Å²) in [6, 6.07) is 0. The first kappa shape index (κ1) is 17.5. The fourth-order valence-electron chi connectivity index (χ4n) is 3.94. The number of guanidine groups is 1. The van der Waals surface area contributed by atoms with Gasteiger partial charge in [0, 0.05) is 51.6 Å². The molecule has 134 valence electrons. The Kier molecular flexibility index (Phi) is 5.98. The molecule has 1 N–H and O–H groups in total. The Morgan fingerprint density at radius 2 is 2.00 bits per heavy atom. The van der Waals surface area contributed by atoms with E-state index < -0.39 is 0 Å². The number of piperidine rings is 1. The fourth-order valence-corrected chi connectivity index (χ4v) is 4.85. The van der Waals surface area contributed by atoms with Crippen molar-refractivity contribution in [2.24, 2.45) is 16.8 Å². The molecule has 3 heterocycles. The molecule has 1 aromatic rings. The van der Waals surface area contributed by atoms with E-state index in [1.165, 1.54) is 43.2 Å². The second kappa shape index (κ2) is 8.19.